The maximum atomic E-state index is 6.43. The molecule has 9 rings (SSSR count). The van der Waals surface area contributed by atoms with E-state index in [2.05, 4.69) is 162 Å². The summed E-state index contributed by atoms with van der Waals surface area (Å²) in [6, 6.07) is 66.6. The fourth-order valence-corrected chi connectivity index (χ4v) is 7.00. The molecule has 6 heteroatoms. The van der Waals surface area contributed by atoms with Gasteiger partial charge in [0.25, 0.3) is 17.1 Å². The summed E-state index contributed by atoms with van der Waals surface area (Å²) in [5.41, 5.74) is 11.5. The van der Waals surface area contributed by atoms with Crippen LogP contribution >= 0.6 is 0 Å². The maximum Gasteiger partial charge on any atom is 2.00 e. The average molecular weight is 866 g/mol. The van der Waals surface area contributed by atoms with E-state index in [1.165, 1.54) is 0 Å². The van der Waals surface area contributed by atoms with Crippen LogP contribution in [0.5, 0.6) is 11.5 Å². The summed E-state index contributed by atoms with van der Waals surface area (Å²) in [5.74, 6) is 1.18. The number of hydrogen-bond acceptors (Lipinski definition) is 1. The Hall–Kier alpha value is -6.21. The van der Waals surface area contributed by atoms with Gasteiger partial charge in [0.15, 0.2) is 7.05 Å². The molecule has 7 aromatic rings. The second kappa shape index (κ2) is 14.1. The minimum atomic E-state index is 0. The molecule has 0 aromatic heterocycles. The smallest absolute Gasteiger partial charge is 0.509 e. The molecule has 0 N–H and O–H groups in total. The molecule has 0 amide bonds. The van der Waals surface area contributed by atoms with Gasteiger partial charge in [-0.25, -0.2) is 0 Å². The predicted octanol–water partition coefficient (Wildman–Crippen LogP) is 11.1. The van der Waals surface area contributed by atoms with Gasteiger partial charge in [-0.05, 0) is 45.4 Å². The van der Waals surface area contributed by atoms with Gasteiger partial charge in [0.05, 0.1) is 16.5 Å². The van der Waals surface area contributed by atoms with Crippen molar-refractivity contribution in [2.45, 2.75) is 13.8 Å². The average Bonchev–Trinajstić information content (AvgIpc) is 3.71. The van der Waals surface area contributed by atoms with Crippen LogP contribution in [0, 0.1) is 12.1 Å². The predicted molar refractivity (Wildman–Crippen MR) is 209 cm³/mol. The first-order valence-corrected chi connectivity index (χ1v) is 17.4. The van der Waals surface area contributed by atoms with Gasteiger partial charge >= 0.3 is 38.8 Å². The third-order valence-corrected chi connectivity index (χ3v) is 9.79. The van der Waals surface area contributed by atoms with E-state index in [0.717, 1.165) is 72.9 Å². The Morgan fingerprint density at radius 2 is 1.06 bits per heavy atom. The van der Waals surface area contributed by atoms with Gasteiger partial charge in [-0.2, -0.15) is 12.1 Å². The van der Waals surface area contributed by atoms with Crippen LogP contribution in [0.25, 0.3) is 33.0 Å². The molecule has 5 nitrogen and oxygen atoms in total. The van der Waals surface area contributed by atoms with E-state index in [1.54, 1.807) is 0 Å². The van der Waals surface area contributed by atoms with E-state index in [9.17, 15) is 0 Å². The first kappa shape index (κ1) is 33.9. The Kier molecular flexibility index (Phi) is 9.00. The largest absolute Gasteiger partial charge is 2.00 e. The number of benzene rings is 7. The Morgan fingerprint density at radius 1 is 0.491 bits per heavy atom. The first-order valence-electron chi connectivity index (χ1n) is 17.4. The molecule has 0 spiro atoms. The van der Waals surface area contributed by atoms with Crippen molar-refractivity contribution in [3.05, 3.63) is 175 Å². The maximum absolute atomic E-state index is 6.43. The van der Waals surface area contributed by atoms with Crippen LogP contribution in [0.3, 0.4) is 0 Å². The number of allylic oxidation sites excluding steroid dienone is 2. The zero-order valence-electron chi connectivity index (χ0n) is 29.4. The van der Waals surface area contributed by atoms with E-state index >= 15 is 0 Å². The molecule has 0 unspecified atom stereocenters. The summed E-state index contributed by atoms with van der Waals surface area (Å²) < 4.78 is 14.7. The number of hydrogen-bond donors (Lipinski definition) is 0. The number of rotatable bonds is 7. The zero-order chi connectivity index (χ0) is 35.2. The van der Waals surface area contributed by atoms with Crippen molar-refractivity contribution in [2.75, 3.05) is 7.05 Å². The molecule has 0 fully saturated rings. The van der Waals surface area contributed by atoms with Gasteiger partial charge in [0.2, 0.25) is 5.69 Å². The van der Waals surface area contributed by atoms with Gasteiger partial charge in [0, 0.05) is 31.4 Å². The summed E-state index contributed by atoms with van der Waals surface area (Å²) in [4.78, 5) is 0. The Bertz CT molecular complexity index is 2700. The molecule has 254 valence electrons. The summed E-state index contributed by atoms with van der Waals surface area (Å²) >= 11 is 0. The van der Waals surface area contributed by atoms with Gasteiger partial charge in [-0.15, -0.1) is 12.1 Å². The Labute approximate surface area is 323 Å². The molecule has 2 heterocycles. The van der Waals surface area contributed by atoms with Crippen LogP contribution in [0.2, 0.25) is 0 Å². The molecular formula is C47H34N4OPt+4. The summed E-state index contributed by atoms with van der Waals surface area (Å²) in [6.07, 6.45) is 0. The summed E-state index contributed by atoms with van der Waals surface area (Å²) in [7, 11) is 2.00. The second-order valence-corrected chi connectivity index (χ2v) is 12.9. The van der Waals surface area contributed by atoms with E-state index in [1.807, 2.05) is 52.6 Å². The Balaban J connectivity index is 0.00000400. The molecule has 7 aromatic carbocycles. The van der Waals surface area contributed by atoms with Crippen molar-refractivity contribution < 1.29 is 35.0 Å². The SMILES string of the molecule is CC1=C(C)[N+](c2[c-]c(Oc3[c-]c([N+]4=C=[N+](c5c(-c6ccccc6)cccc5-c5ccccc5)c5c4ccc4ccccc54)ccc3)ccc2)=C=[N+]1C.[Pt+2]. The van der Waals surface area contributed by atoms with E-state index < -0.39 is 0 Å². The van der Waals surface area contributed by atoms with Crippen molar-refractivity contribution in [3.8, 4) is 33.8 Å². The molecule has 2 aliphatic rings. The van der Waals surface area contributed by atoms with Gasteiger partial charge in [0.1, 0.15) is 11.4 Å². The Morgan fingerprint density at radius 3 is 1.66 bits per heavy atom. The standard InChI is InChI=1S/C47H34N4O.Pt/c1-33-34(2)49(31-48(33)3)38-20-12-22-40(29-38)52-41-23-13-21-39(30-41)50-32-51(47-44-24-11-10-19-37(44)27-28-45(47)50)46-42(35-15-6-4-7-16-35)25-14-26-43(46)36-17-8-5-9-18-36;/h4-28H,1-3H3;/q2*+2. The van der Waals surface area contributed by atoms with Gasteiger partial charge < -0.3 is 4.74 Å². The van der Waals surface area contributed by atoms with Crippen LogP contribution in [0.15, 0.2) is 163 Å². The number of para-hydroxylation sites is 1. The first-order chi connectivity index (χ1) is 25.5. The number of nitrogens with zero attached hydrogens (tertiary/aromatic N) is 4. The molecule has 0 bridgehead atoms. The normalized spacial score (nSPS) is 13.2. The molecular weight excluding hydrogens is 832 g/mol. The summed E-state index contributed by atoms with van der Waals surface area (Å²) in [6.45, 7) is 4.17. The van der Waals surface area contributed by atoms with Crippen molar-refractivity contribution in [1.29, 1.82) is 0 Å². The van der Waals surface area contributed by atoms with Gasteiger partial charge in [-0.3, -0.25) is 0 Å². The fourth-order valence-electron chi connectivity index (χ4n) is 7.00. The van der Waals surface area contributed by atoms with E-state index in [0.29, 0.717) is 11.5 Å². The van der Waals surface area contributed by atoms with Crippen LogP contribution in [0.1, 0.15) is 13.8 Å². The molecule has 0 atom stereocenters. The van der Waals surface area contributed by atoms with Crippen molar-refractivity contribution in [3.63, 3.8) is 0 Å². The monoisotopic (exact) mass is 865 g/mol. The molecule has 0 saturated carbocycles. The van der Waals surface area contributed by atoms with Crippen LogP contribution in [-0.4, -0.2) is 28.2 Å². The van der Waals surface area contributed by atoms with E-state index in [-0.39, 0.29) is 21.1 Å². The second-order valence-electron chi connectivity index (χ2n) is 12.9. The topological polar surface area (TPSA) is 21.3 Å². The zero-order valence-corrected chi connectivity index (χ0v) is 31.7. The molecule has 0 radical (unpaired) electrons. The molecule has 0 aliphatic carbocycles. The van der Waals surface area contributed by atoms with Crippen LogP contribution in [-0.2, 0) is 21.1 Å². The quantitative estimate of drug-likeness (QED) is 0.116. The van der Waals surface area contributed by atoms with Crippen LogP contribution < -0.4 is 13.9 Å². The van der Waals surface area contributed by atoms with Gasteiger partial charge in [-0.1, -0.05) is 123 Å². The number of fused-ring (bicyclic) bond motifs is 3. The number of ether oxygens (including phenoxy) is 1. The summed E-state index contributed by atoms with van der Waals surface area (Å²) in [5, 5.41) is 2.29. The van der Waals surface area contributed by atoms with Crippen molar-refractivity contribution >= 4 is 51.2 Å². The van der Waals surface area contributed by atoms with Crippen molar-refractivity contribution in [1.82, 2.24) is 9.15 Å². The van der Waals surface area contributed by atoms with Crippen molar-refractivity contribution in [2.24, 2.45) is 0 Å². The minimum Gasteiger partial charge on any atom is -0.509 e. The fraction of sp³-hybridized carbons (Fsp3) is 0.0638. The van der Waals surface area contributed by atoms with Crippen LogP contribution in [0.4, 0.5) is 28.4 Å². The molecule has 2 aliphatic heterocycles. The minimum absolute atomic E-state index is 0. The molecule has 0 saturated heterocycles. The molecule has 53 heavy (non-hydrogen) atoms. The van der Waals surface area contributed by atoms with E-state index in [4.69, 9.17) is 4.74 Å². The third kappa shape index (κ3) is 6.12. The third-order valence-electron chi connectivity index (χ3n) is 9.79.